The minimum atomic E-state index is 0.531. The molecule has 1 aliphatic carbocycles. The van der Waals surface area contributed by atoms with E-state index in [0.29, 0.717) is 10.8 Å². The van der Waals surface area contributed by atoms with E-state index in [4.69, 9.17) is 0 Å². The fourth-order valence-electron chi connectivity index (χ4n) is 3.08. The third-order valence-electron chi connectivity index (χ3n) is 4.57. The largest absolute Gasteiger partial charge is 0.0602 e. The molecule has 0 nitrogen and oxygen atoms in total. The zero-order chi connectivity index (χ0) is 13.8. The number of rotatable bonds is 4. The molecule has 1 rings (SSSR count). The lowest BCUT2D eigenvalue weighted by atomic mass is 9.74. The second-order valence-corrected chi connectivity index (χ2v) is 9.09. The van der Waals surface area contributed by atoms with Crippen LogP contribution in [0.3, 0.4) is 0 Å². The van der Waals surface area contributed by atoms with E-state index < -0.39 is 0 Å². The highest BCUT2D eigenvalue weighted by molar-refractivity contribution is 4.76. The molecule has 0 spiro atoms. The minimum absolute atomic E-state index is 0.531. The Labute approximate surface area is 116 Å². The summed E-state index contributed by atoms with van der Waals surface area (Å²) in [6.07, 6.45) is 11.8. The van der Waals surface area contributed by atoms with Gasteiger partial charge < -0.3 is 0 Å². The van der Waals surface area contributed by atoms with E-state index in [1.54, 1.807) is 0 Å². The first kappa shape index (κ1) is 16.1. The number of hydrogen-bond donors (Lipinski definition) is 0. The van der Waals surface area contributed by atoms with Gasteiger partial charge in [0, 0.05) is 0 Å². The quantitative estimate of drug-likeness (QED) is 0.539. The fourth-order valence-corrected chi connectivity index (χ4v) is 3.08. The van der Waals surface area contributed by atoms with Crippen molar-refractivity contribution in [2.24, 2.45) is 22.7 Å². The summed E-state index contributed by atoms with van der Waals surface area (Å²) in [5.41, 5.74) is 1.06. The monoisotopic (exact) mass is 252 g/mol. The van der Waals surface area contributed by atoms with Gasteiger partial charge in [0.2, 0.25) is 0 Å². The predicted octanol–water partition coefficient (Wildman–Crippen LogP) is 6.45. The van der Waals surface area contributed by atoms with Crippen LogP contribution in [0, 0.1) is 22.7 Å². The lowest BCUT2D eigenvalue weighted by Gasteiger charge is -2.31. The molecule has 0 aromatic heterocycles. The van der Waals surface area contributed by atoms with Crippen LogP contribution < -0.4 is 0 Å². The van der Waals surface area contributed by atoms with Crippen LogP contribution in [-0.2, 0) is 0 Å². The molecule has 0 bridgehead atoms. The van der Waals surface area contributed by atoms with Gasteiger partial charge in [0.25, 0.3) is 0 Å². The minimum Gasteiger partial charge on any atom is -0.0602 e. The van der Waals surface area contributed by atoms with E-state index in [9.17, 15) is 0 Å². The molecule has 0 aromatic carbocycles. The second-order valence-electron chi connectivity index (χ2n) is 9.09. The van der Waals surface area contributed by atoms with Crippen molar-refractivity contribution >= 4 is 0 Å². The Morgan fingerprint density at radius 3 is 1.11 bits per heavy atom. The molecule has 0 aromatic rings. The van der Waals surface area contributed by atoms with E-state index in [-0.39, 0.29) is 0 Å². The molecule has 1 fully saturated rings. The van der Waals surface area contributed by atoms with Crippen LogP contribution in [0.5, 0.6) is 0 Å². The summed E-state index contributed by atoms with van der Waals surface area (Å²) in [5, 5.41) is 0. The van der Waals surface area contributed by atoms with Crippen LogP contribution in [-0.4, -0.2) is 0 Å². The molecule has 0 atom stereocenters. The molecule has 0 N–H and O–H groups in total. The normalized spacial score (nSPS) is 26.3. The maximum absolute atomic E-state index is 2.38. The average molecular weight is 252 g/mol. The summed E-state index contributed by atoms with van der Waals surface area (Å²) >= 11 is 0. The first-order valence-corrected chi connectivity index (χ1v) is 8.16. The Morgan fingerprint density at radius 1 is 0.611 bits per heavy atom. The van der Waals surface area contributed by atoms with Crippen LogP contribution in [0.2, 0.25) is 0 Å². The molecule has 0 heteroatoms. The summed E-state index contributed by atoms with van der Waals surface area (Å²) in [5.74, 6) is 2.07. The van der Waals surface area contributed by atoms with Crippen LogP contribution in [0.4, 0.5) is 0 Å². The standard InChI is InChI=1S/C18H36/c1-17(2,3)13-11-15-7-9-16(10-8-15)12-14-18(4,5)6/h15-16H,7-14H2,1-6H3. The summed E-state index contributed by atoms with van der Waals surface area (Å²) in [7, 11) is 0. The van der Waals surface area contributed by atoms with Gasteiger partial charge in [-0.25, -0.2) is 0 Å². The molecule has 1 saturated carbocycles. The van der Waals surface area contributed by atoms with Gasteiger partial charge >= 0.3 is 0 Å². The highest BCUT2D eigenvalue weighted by atomic mass is 14.3. The Balaban J connectivity index is 2.17. The third-order valence-corrected chi connectivity index (χ3v) is 4.57. The molecular weight excluding hydrogens is 216 g/mol. The Bertz CT molecular complexity index is 191. The van der Waals surface area contributed by atoms with E-state index in [1.165, 1.54) is 51.4 Å². The van der Waals surface area contributed by atoms with Gasteiger partial charge in [-0.3, -0.25) is 0 Å². The van der Waals surface area contributed by atoms with Gasteiger partial charge in [-0.2, -0.15) is 0 Å². The molecular formula is C18H36. The van der Waals surface area contributed by atoms with E-state index in [0.717, 1.165) is 11.8 Å². The highest BCUT2D eigenvalue weighted by Gasteiger charge is 2.23. The van der Waals surface area contributed by atoms with Gasteiger partial charge in [0.1, 0.15) is 0 Å². The van der Waals surface area contributed by atoms with Crippen LogP contribution >= 0.6 is 0 Å². The van der Waals surface area contributed by atoms with Crippen molar-refractivity contribution in [3.8, 4) is 0 Å². The summed E-state index contributed by atoms with van der Waals surface area (Å²) in [6, 6.07) is 0. The topological polar surface area (TPSA) is 0 Å². The van der Waals surface area contributed by atoms with Crippen molar-refractivity contribution in [2.75, 3.05) is 0 Å². The van der Waals surface area contributed by atoms with Crippen molar-refractivity contribution in [1.29, 1.82) is 0 Å². The van der Waals surface area contributed by atoms with Crippen molar-refractivity contribution in [3.63, 3.8) is 0 Å². The average Bonchev–Trinajstić information content (AvgIpc) is 2.23. The molecule has 0 heterocycles. The van der Waals surface area contributed by atoms with Gasteiger partial charge in [0.15, 0.2) is 0 Å². The molecule has 1 aliphatic rings. The molecule has 0 saturated heterocycles. The summed E-state index contributed by atoms with van der Waals surface area (Å²) < 4.78 is 0. The van der Waals surface area contributed by atoms with Crippen molar-refractivity contribution in [3.05, 3.63) is 0 Å². The van der Waals surface area contributed by atoms with E-state index >= 15 is 0 Å². The van der Waals surface area contributed by atoms with Gasteiger partial charge in [0.05, 0.1) is 0 Å². The molecule has 108 valence electrons. The van der Waals surface area contributed by atoms with E-state index in [2.05, 4.69) is 41.5 Å². The third kappa shape index (κ3) is 7.44. The highest BCUT2D eigenvalue weighted by Crippen LogP contribution is 2.37. The molecule has 18 heavy (non-hydrogen) atoms. The molecule has 0 amide bonds. The maximum Gasteiger partial charge on any atom is -0.0383 e. The van der Waals surface area contributed by atoms with Crippen LogP contribution in [0.25, 0.3) is 0 Å². The molecule has 0 radical (unpaired) electrons. The zero-order valence-electron chi connectivity index (χ0n) is 13.8. The lowest BCUT2D eigenvalue weighted by molar-refractivity contribution is 0.209. The smallest absolute Gasteiger partial charge is 0.0383 e. The summed E-state index contributed by atoms with van der Waals surface area (Å²) in [4.78, 5) is 0. The maximum atomic E-state index is 2.38. The molecule has 0 aliphatic heterocycles. The number of hydrogen-bond acceptors (Lipinski definition) is 0. The predicted molar refractivity (Wildman–Crippen MR) is 82.8 cm³/mol. The van der Waals surface area contributed by atoms with Gasteiger partial charge in [-0.15, -0.1) is 0 Å². The van der Waals surface area contributed by atoms with Crippen LogP contribution in [0.1, 0.15) is 92.9 Å². The van der Waals surface area contributed by atoms with E-state index in [1.807, 2.05) is 0 Å². The van der Waals surface area contributed by atoms with Crippen molar-refractivity contribution in [1.82, 2.24) is 0 Å². The van der Waals surface area contributed by atoms with Gasteiger partial charge in [-0.1, -0.05) is 67.2 Å². The first-order chi connectivity index (χ1) is 8.16. The Morgan fingerprint density at radius 2 is 0.889 bits per heavy atom. The second kappa shape index (κ2) is 6.44. The lowest BCUT2D eigenvalue weighted by Crippen LogP contribution is -2.18. The van der Waals surface area contributed by atoms with Crippen molar-refractivity contribution in [2.45, 2.75) is 92.9 Å². The molecule has 0 unspecified atom stereocenters. The Kier molecular flexibility index (Phi) is 5.74. The zero-order valence-corrected chi connectivity index (χ0v) is 13.8. The van der Waals surface area contributed by atoms with Gasteiger partial charge in [-0.05, 0) is 48.3 Å². The fraction of sp³-hybridized carbons (Fsp3) is 1.00. The van der Waals surface area contributed by atoms with Crippen LogP contribution in [0.15, 0.2) is 0 Å². The first-order valence-electron chi connectivity index (χ1n) is 8.16. The summed E-state index contributed by atoms with van der Waals surface area (Å²) in [6.45, 7) is 14.3. The van der Waals surface area contributed by atoms with Crippen molar-refractivity contribution < 1.29 is 0 Å². The SMILES string of the molecule is CC(C)(C)CCC1CCC(CCC(C)(C)C)CC1. The Hall–Kier alpha value is 0.